The second kappa shape index (κ2) is 6.08. The third kappa shape index (κ3) is 3.02. The van der Waals surface area contributed by atoms with Crippen molar-refractivity contribution in [3.05, 3.63) is 62.4 Å². The van der Waals surface area contributed by atoms with E-state index in [2.05, 4.69) is 9.72 Å². The number of hydrogen-bond donors (Lipinski definition) is 1. The molecule has 0 saturated heterocycles. The van der Waals surface area contributed by atoms with E-state index in [0.717, 1.165) is 4.57 Å². The minimum Gasteiger partial charge on any atom is -0.496 e. The Morgan fingerprint density at radius 2 is 2.00 bits per heavy atom. The molecule has 1 aromatic heterocycles. The van der Waals surface area contributed by atoms with Crippen LogP contribution in [0.2, 0.25) is 0 Å². The predicted molar refractivity (Wildman–Crippen MR) is 74.8 cm³/mol. The number of H-pyrrole nitrogens is 1. The molecular weight excluding hydrogens is 276 g/mol. The third-order valence-corrected chi connectivity index (χ3v) is 2.98. The zero-order chi connectivity index (χ0) is 15.4. The van der Waals surface area contributed by atoms with Crippen LogP contribution in [0.3, 0.4) is 0 Å². The summed E-state index contributed by atoms with van der Waals surface area (Å²) in [4.78, 5) is 37.3. The second-order valence-corrected chi connectivity index (χ2v) is 4.23. The number of carbonyl (C=O) groups is 1. The van der Waals surface area contributed by atoms with Gasteiger partial charge in [0.25, 0.3) is 5.56 Å². The van der Waals surface area contributed by atoms with Gasteiger partial charge >= 0.3 is 11.7 Å². The number of rotatable bonds is 4. The Hall–Kier alpha value is -2.83. The number of ether oxygens (including phenoxy) is 2. The van der Waals surface area contributed by atoms with Crippen LogP contribution >= 0.6 is 0 Å². The Balaban J connectivity index is 2.43. The molecule has 0 aliphatic heterocycles. The highest BCUT2D eigenvalue weighted by Crippen LogP contribution is 2.21. The number of benzene rings is 1. The first-order chi connectivity index (χ1) is 10.1. The number of nitrogens with one attached hydrogen (secondary N) is 1. The number of methoxy groups -OCH3 is 2. The fourth-order valence-corrected chi connectivity index (χ4v) is 1.89. The standard InChI is InChI=1S/C14H14N2O5/c1-20-11-7-9(13(18)21-2)3-4-10(11)8-16-12(17)5-6-15-14(16)19/h3-7H,8H2,1-2H3,(H,15,19). The molecule has 110 valence electrons. The van der Waals surface area contributed by atoms with Crippen molar-refractivity contribution in [3.63, 3.8) is 0 Å². The van der Waals surface area contributed by atoms with Crippen LogP contribution in [0, 0.1) is 0 Å². The molecular formula is C14H14N2O5. The predicted octanol–water partition coefficient (Wildman–Crippen LogP) is 0.380. The third-order valence-electron chi connectivity index (χ3n) is 2.98. The Kier molecular flexibility index (Phi) is 4.22. The summed E-state index contributed by atoms with van der Waals surface area (Å²) < 4.78 is 10.9. The summed E-state index contributed by atoms with van der Waals surface area (Å²) in [6.07, 6.45) is 1.29. The van der Waals surface area contributed by atoms with Crippen LogP contribution in [-0.4, -0.2) is 29.7 Å². The number of nitrogens with zero attached hydrogens (tertiary/aromatic N) is 1. The summed E-state index contributed by atoms with van der Waals surface area (Å²) >= 11 is 0. The van der Waals surface area contributed by atoms with E-state index < -0.39 is 17.2 Å². The first kappa shape index (κ1) is 14.6. The number of aromatic amines is 1. The maximum Gasteiger partial charge on any atom is 0.337 e. The molecule has 0 saturated carbocycles. The van der Waals surface area contributed by atoms with Gasteiger partial charge in [0.05, 0.1) is 26.3 Å². The molecule has 7 heteroatoms. The molecule has 0 bridgehead atoms. The molecule has 0 spiro atoms. The van der Waals surface area contributed by atoms with Crippen LogP contribution < -0.4 is 16.0 Å². The van der Waals surface area contributed by atoms with Crippen molar-refractivity contribution in [2.24, 2.45) is 0 Å². The highest BCUT2D eigenvalue weighted by atomic mass is 16.5. The topological polar surface area (TPSA) is 90.4 Å². The van der Waals surface area contributed by atoms with E-state index in [0.29, 0.717) is 16.9 Å². The van der Waals surface area contributed by atoms with Gasteiger partial charge in [-0.25, -0.2) is 9.59 Å². The molecule has 1 heterocycles. The van der Waals surface area contributed by atoms with Gasteiger partial charge in [0.15, 0.2) is 0 Å². The summed E-state index contributed by atoms with van der Waals surface area (Å²) in [6.45, 7) is 0.0413. The zero-order valence-corrected chi connectivity index (χ0v) is 11.6. The number of hydrogen-bond acceptors (Lipinski definition) is 5. The van der Waals surface area contributed by atoms with Crippen LogP contribution in [0.4, 0.5) is 0 Å². The maximum atomic E-state index is 11.7. The van der Waals surface area contributed by atoms with Gasteiger partial charge in [-0.05, 0) is 12.1 Å². The van der Waals surface area contributed by atoms with Crippen LogP contribution in [0.5, 0.6) is 5.75 Å². The lowest BCUT2D eigenvalue weighted by Crippen LogP contribution is -2.34. The highest BCUT2D eigenvalue weighted by molar-refractivity contribution is 5.89. The Labute approximate surface area is 119 Å². The lowest BCUT2D eigenvalue weighted by molar-refractivity contribution is 0.0600. The maximum absolute atomic E-state index is 11.7. The average Bonchev–Trinajstić information content (AvgIpc) is 2.50. The van der Waals surface area contributed by atoms with Gasteiger partial charge in [-0.1, -0.05) is 6.07 Å². The van der Waals surface area contributed by atoms with Crippen molar-refractivity contribution in [2.75, 3.05) is 14.2 Å². The van der Waals surface area contributed by atoms with Crippen LogP contribution in [-0.2, 0) is 11.3 Å². The van der Waals surface area contributed by atoms with Gasteiger partial charge in [-0.15, -0.1) is 0 Å². The number of carbonyl (C=O) groups excluding carboxylic acids is 1. The fraction of sp³-hybridized carbons (Fsp3) is 0.214. The summed E-state index contributed by atoms with van der Waals surface area (Å²) in [5.41, 5.74) is -0.00387. The number of esters is 1. The summed E-state index contributed by atoms with van der Waals surface area (Å²) in [6, 6.07) is 5.93. The van der Waals surface area contributed by atoms with E-state index in [1.165, 1.54) is 32.5 Å². The Bertz CT molecular complexity index is 747. The smallest absolute Gasteiger partial charge is 0.337 e. The SMILES string of the molecule is COC(=O)c1ccc(Cn2c(=O)cc[nH]c2=O)c(OC)c1. The normalized spacial score (nSPS) is 10.2. The van der Waals surface area contributed by atoms with E-state index >= 15 is 0 Å². The molecule has 0 amide bonds. The quantitative estimate of drug-likeness (QED) is 0.822. The molecule has 0 aliphatic rings. The molecule has 2 aromatic rings. The van der Waals surface area contributed by atoms with Gasteiger partial charge in [0, 0.05) is 17.8 Å². The van der Waals surface area contributed by atoms with E-state index in [1.54, 1.807) is 12.1 Å². The second-order valence-electron chi connectivity index (χ2n) is 4.23. The molecule has 2 rings (SSSR count). The summed E-state index contributed by atoms with van der Waals surface area (Å²) in [7, 11) is 2.73. The van der Waals surface area contributed by atoms with Crippen molar-refractivity contribution in [1.82, 2.24) is 9.55 Å². The number of aromatic nitrogens is 2. The van der Waals surface area contributed by atoms with E-state index in [4.69, 9.17) is 4.74 Å². The molecule has 0 aliphatic carbocycles. The van der Waals surface area contributed by atoms with Gasteiger partial charge in [0.1, 0.15) is 5.75 Å². The van der Waals surface area contributed by atoms with E-state index in [1.807, 2.05) is 0 Å². The highest BCUT2D eigenvalue weighted by Gasteiger charge is 2.12. The first-order valence-corrected chi connectivity index (χ1v) is 6.10. The monoisotopic (exact) mass is 290 g/mol. The molecule has 0 fully saturated rings. The summed E-state index contributed by atoms with van der Waals surface area (Å²) in [5.74, 6) is -0.0948. The molecule has 0 unspecified atom stereocenters. The average molecular weight is 290 g/mol. The van der Waals surface area contributed by atoms with Crippen molar-refractivity contribution in [2.45, 2.75) is 6.54 Å². The van der Waals surface area contributed by atoms with E-state index in [-0.39, 0.29) is 6.54 Å². The Morgan fingerprint density at radius 1 is 1.24 bits per heavy atom. The first-order valence-electron chi connectivity index (χ1n) is 6.10. The van der Waals surface area contributed by atoms with Crippen molar-refractivity contribution < 1.29 is 14.3 Å². The van der Waals surface area contributed by atoms with Crippen molar-refractivity contribution in [1.29, 1.82) is 0 Å². The van der Waals surface area contributed by atoms with Crippen LogP contribution in [0.15, 0.2) is 40.1 Å². The largest absolute Gasteiger partial charge is 0.496 e. The van der Waals surface area contributed by atoms with Gasteiger partial charge in [0.2, 0.25) is 0 Å². The van der Waals surface area contributed by atoms with E-state index in [9.17, 15) is 14.4 Å². The molecule has 21 heavy (non-hydrogen) atoms. The lowest BCUT2D eigenvalue weighted by Gasteiger charge is -2.10. The summed E-state index contributed by atoms with van der Waals surface area (Å²) in [5, 5.41) is 0. The molecule has 0 atom stereocenters. The van der Waals surface area contributed by atoms with Gasteiger partial charge < -0.3 is 14.5 Å². The molecule has 7 nitrogen and oxygen atoms in total. The molecule has 1 aromatic carbocycles. The zero-order valence-electron chi connectivity index (χ0n) is 11.6. The van der Waals surface area contributed by atoms with Crippen LogP contribution in [0.1, 0.15) is 15.9 Å². The Morgan fingerprint density at radius 3 is 2.62 bits per heavy atom. The lowest BCUT2D eigenvalue weighted by atomic mass is 10.1. The minimum absolute atomic E-state index is 0.0413. The van der Waals surface area contributed by atoms with Gasteiger partial charge in [-0.3, -0.25) is 9.36 Å². The van der Waals surface area contributed by atoms with Crippen molar-refractivity contribution >= 4 is 5.97 Å². The molecule has 0 radical (unpaired) electrons. The van der Waals surface area contributed by atoms with Gasteiger partial charge in [-0.2, -0.15) is 0 Å². The fourth-order valence-electron chi connectivity index (χ4n) is 1.89. The van der Waals surface area contributed by atoms with Crippen molar-refractivity contribution in [3.8, 4) is 5.75 Å². The molecule has 1 N–H and O–H groups in total. The minimum atomic E-state index is -0.512. The van der Waals surface area contributed by atoms with Crippen LogP contribution in [0.25, 0.3) is 0 Å².